The lowest BCUT2D eigenvalue weighted by Gasteiger charge is -2.21. The average molecular weight is 224 g/mol. The van der Waals surface area contributed by atoms with Crippen LogP contribution in [0.1, 0.15) is 23.2 Å². The van der Waals surface area contributed by atoms with Crippen LogP contribution in [0.25, 0.3) is 0 Å². The van der Waals surface area contributed by atoms with Crippen LogP contribution in [0.15, 0.2) is 24.3 Å². The van der Waals surface area contributed by atoms with Gasteiger partial charge in [0, 0.05) is 23.0 Å². The van der Waals surface area contributed by atoms with Crippen LogP contribution in [0.4, 0.5) is 0 Å². The molecule has 1 saturated heterocycles. The van der Waals surface area contributed by atoms with Gasteiger partial charge in [-0.15, -0.1) is 0 Å². The van der Waals surface area contributed by atoms with E-state index < -0.39 is 0 Å². The van der Waals surface area contributed by atoms with Crippen LogP contribution in [0, 0.1) is 5.92 Å². The fourth-order valence-corrected chi connectivity index (χ4v) is 2.05. The molecule has 0 aliphatic carbocycles. The largest absolute Gasteiger partial charge is 0.316 e. The number of hydrogen-bond acceptors (Lipinski definition) is 2. The zero-order valence-electron chi connectivity index (χ0n) is 8.50. The van der Waals surface area contributed by atoms with E-state index in [1.165, 1.54) is 0 Å². The van der Waals surface area contributed by atoms with Crippen molar-refractivity contribution >= 4 is 17.4 Å². The summed E-state index contributed by atoms with van der Waals surface area (Å²) in [5.41, 5.74) is 0.771. The predicted molar refractivity (Wildman–Crippen MR) is 61.4 cm³/mol. The van der Waals surface area contributed by atoms with E-state index in [0.717, 1.165) is 31.5 Å². The highest BCUT2D eigenvalue weighted by molar-refractivity contribution is 6.30. The minimum atomic E-state index is 0.139. The molecule has 80 valence electrons. The molecule has 0 amide bonds. The Balaban J connectivity index is 2.09. The summed E-state index contributed by atoms with van der Waals surface area (Å²) in [6, 6.07) is 7.15. The maximum atomic E-state index is 12.0. The van der Waals surface area contributed by atoms with Crippen molar-refractivity contribution in [3.05, 3.63) is 34.9 Å². The number of benzene rings is 1. The first kappa shape index (κ1) is 10.7. The third kappa shape index (κ3) is 2.58. The first-order chi connectivity index (χ1) is 7.27. The molecule has 0 bridgehead atoms. The molecule has 1 N–H and O–H groups in total. The summed E-state index contributed by atoms with van der Waals surface area (Å²) >= 11 is 5.78. The molecule has 0 spiro atoms. The van der Waals surface area contributed by atoms with Crippen molar-refractivity contribution in [3.63, 3.8) is 0 Å². The molecule has 1 atom stereocenters. The Morgan fingerprint density at radius 3 is 2.67 bits per heavy atom. The Labute approximate surface area is 94.6 Å². The van der Waals surface area contributed by atoms with Crippen LogP contribution in [-0.2, 0) is 0 Å². The van der Waals surface area contributed by atoms with E-state index in [1.807, 2.05) is 0 Å². The molecule has 0 saturated carbocycles. The number of halogens is 1. The molecule has 1 fully saturated rings. The third-order valence-electron chi connectivity index (χ3n) is 2.80. The van der Waals surface area contributed by atoms with Crippen molar-refractivity contribution < 1.29 is 4.79 Å². The van der Waals surface area contributed by atoms with Gasteiger partial charge >= 0.3 is 0 Å². The Morgan fingerprint density at radius 1 is 1.33 bits per heavy atom. The maximum Gasteiger partial charge on any atom is 0.167 e. The zero-order chi connectivity index (χ0) is 10.7. The molecule has 1 unspecified atom stereocenters. The van der Waals surface area contributed by atoms with Gasteiger partial charge in [-0.25, -0.2) is 0 Å². The predicted octanol–water partition coefficient (Wildman–Crippen LogP) is 2.52. The number of carbonyl (C=O) groups excluding carboxylic acids is 1. The number of piperidine rings is 1. The zero-order valence-corrected chi connectivity index (χ0v) is 9.26. The Bertz CT molecular complexity index is 341. The van der Waals surface area contributed by atoms with Gasteiger partial charge in [0.25, 0.3) is 0 Å². The van der Waals surface area contributed by atoms with Gasteiger partial charge in [-0.1, -0.05) is 11.6 Å². The summed E-state index contributed by atoms with van der Waals surface area (Å²) in [4.78, 5) is 12.0. The monoisotopic (exact) mass is 223 g/mol. The number of rotatable bonds is 2. The van der Waals surface area contributed by atoms with Crippen molar-refractivity contribution in [2.45, 2.75) is 12.8 Å². The second kappa shape index (κ2) is 4.77. The van der Waals surface area contributed by atoms with Crippen molar-refractivity contribution in [1.82, 2.24) is 5.32 Å². The van der Waals surface area contributed by atoms with Gasteiger partial charge in [-0.05, 0) is 43.7 Å². The van der Waals surface area contributed by atoms with Crippen molar-refractivity contribution in [2.75, 3.05) is 13.1 Å². The first-order valence-corrected chi connectivity index (χ1v) is 5.65. The van der Waals surface area contributed by atoms with E-state index in [-0.39, 0.29) is 11.7 Å². The lowest BCUT2D eigenvalue weighted by atomic mass is 9.91. The Kier molecular flexibility index (Phi) is 3.39. The molecule has 2 nitrogen and oxygen atoms in total. The lowest BCUT2D eigenvalue weighted by Crippen LogP contribution is -2.34. The molecule has 1 aromatic rings. The molecule has 3 heteroatoms. The SMILES string of the molecule is O=C(c1ccc(Cl)cc1)C1CCCNC1. The summed E-state index contributed by atoms with van der Waals surface area (Å²) in [5.74, 6) is 0.374. The summed E-state index contributed by atoms with van der Waals surface area (Å²) in [6.45, 7) is 1.84. The van der Waals surface area contributed by atoms with Gasteiger partial charge in [0.1, 0.15) is 0 Å². The number of nitrogens with one attached hydrogen (secondary N) is 1. The molecule has 0 radical (unpaired) electrons. The summed E-state index contributed by atoms with van der Waals surface area (Å²) in [6.07, 6.45) is 2.08. The smallest absolute Gasteiger partial charge is 0.167 e. The van der Waals surface area contributed by atoms with Gasteiger partial charge in [-0.3, -0.25) is 4.79 Å². The second-order valence-corrected chi connectivity index (χ2v) is 4.35. The molecule has 1 aliphatic heterocycles. The molecule has 1 heterocycles. The van der Waals surface area contributed by atoms with E-state index in [2.05, 4.69) is 5.32 Å². The van der Waals surface area contributed by atoms with Crippen molar-refractivity contribution in [3.8, 4) is 0 Å². The van der Waals surface area contributed by atoms with Crippen LogP contribution >= 0.6 is 11.6 Å². The molecule has 2 rings (SSSR count). The molecule has 1 aromatic carbocycles. The molecule has 0 aromatic heterocycles. The molecular formula is C12H14ClNO. The number of hydrogen-bond donors (Lipinski definition) is 1. The first-order valence-electron chi connectivity index (χ1n) is 5.28. The second-order valence-electron chi connectivity index (χ2n) is 3.91. The molecular weight excluding hydrogens is 210 g/mol. The minimum absolute atomic E-state index is 0.139. The Morgan fingerprint density at radius 2 is 2.07 bits per heavy atom. The number of carbonyl (C=O) groups is 1. The van der Waals surface area contributed by atoms with Crippen molar-refractivity contribution in [2.24, 2.45) is 5.92 Å². The summed E-state index contributed by atoms with van der Waals surface area (Å²) in [5, 5.41) is 3.92. The fourth-order valence-electron chi connectivity index (χ4n) is 1.93. The van der Waals surface area contributed by atoms with E-state index in [1.54, 1.807) is 24.3 Å². The quantitative estimate of drug-likeness (QED) is 0.781. The minimum Gasteiger partial charge on any atom is -0.316 e. The topological polar surface area (TPSA) is 29.1 Å². The number of ketones is 1. The number of Topliss-reactive ketones (excluding diaryl/α,β-unsaturated/α-hetero) is 1. The fraction of sp³-hybridized carbons (Fsp3) is 0.417. The lowest BCUT2D eigenvalue weighted by molar-refractivity contribution is 0.0899. The highest BCUT2D eigenvalue weighted by Gasteiger charge is 2.21. The van der Waals surface area contributed by atoms with Crippen molar-refractivity contribution in [1.29, 1.82) is 0 Å². The van der Waals surface area contributed by atoms with Gasteiger partial charge in [0.05, 0.1) is 0 Å². The van der Waals surface area contributed by atoms with Crippen LogP contribution in [0.5, 0.6) is 0 Å². The average Bonchev–Trinajstić information content (AvgIpc) is 2.30. The van der Waals surface area contributed by atoms with E-state index in [9.17, 15) is 4.79 Å². The summed E-state index contributed by atoms with van der Waals surface area (Å²) in [7, 11) is 0. The van der Waals surface area contributed by atoms with Crippen LogP contribution in [0.2, 0.25) is 5.02 Å². The van der Waals surface area contributed by atoms with Crippen LogP contribution < -0.4 is 5.32 Å². The van der Waals surface area contributed by atoms with E-state index in [4.69, 9.17) is 11.6 Å². The van der Waals surface area contributed by atoms with Gasteiger partial charge < -0.3 is 5.32 Å². The molecule has 15 heavy (non-hydrogen) atoms. The van der Waals surface area contributed by atoms with E-state index >= 15 is 0 Å². The highest BCUT2D eigenvalue weighted by Crippen LogP contribution is 2.18. The standard InChI is InChI=1S/C12H14ClNO/c13-11-5-3-9(4-6-11)12(15)10-2-1-7-14-8-10/h3-6,10,14H,1-2,7-8H2. The van der Waals surface area contributed by atoms with E-state index in [0.29, 0.717) is 5.02 Å². The van der Waals surface area contributed by atoms with Gasteiger partial charge in [0.2, 0.25) is 0 Å². The normalized spacial score (nSPS) is 21.3. The third-order valence-corrected chi connectivity index (χ3v) is 3.05. The van der Waals surface area contributed by atoms with Gasteiger partial charge in [-0.2, -0.15) is 0 Å². The van der Waals surface area contributed by atoms with Crippen LogP contribution in [-0.4, -0.2) is 18.9 Å². The maximum absolute atomic E-state index is 12.0. The molecule has 1 aliphatic rings. The Hall–Kier alpha value is -0.860. The van der Waals surface area contributed by atoms with Gasteiger partial charge in [0.15, 0.2) is 5.78 Å². The summed E-state index contributed by atoms with van der Waals surface area (Å²) < 4.78 is 0. The van der Waals surface area contributed by atoms with Crippen LogP contribution in [0.3, 0.4) is 0 Å². The highest BCUT2D eigenvalue weighted by atomic mass is 35.5.